The molecule has 0 saturated carbocycles. The van der Waals surface area contributed by atoms with E-state index in [0.717, 1.165) is 16.0 Å². The zero-order valence-electron chi connectivity index (χ0n) is 13.6. The number of carbonyl (C=O) groups excluding carboxylic acids is 3. The number of nitro groups is 1. The first-order valence-electron chi connectivity index (χ1n) is 7.28. The summed E-state index contributed by atoms with van der Waals surface area (Å²) in [6, 6.07) is 3.80. The summed E-state index contributed by atoms with van der Waals surface area (Å²) in [5, 5.41) is 14.0. The SMILES string of the molecule is CSc1sc(NC(=O)CN2C(=O)c3cccc([N+](=O)[O-])c3C2=O)nc1C. The van der Waals surface area contributed by atoms with E-state index in [2.05, 4.69) is 10.3 Å². The van der Waals surface area contributed by atoms with Gasteiger partial charge in [-0.3, -0.25) is 29.4 Å². The van der Waals surface area contributed by atoms with E-state index >= 15 is 0 Å². The molecule has 1 aliphatic rings. The molecule has 1 aromatic heterocycles. The van der Waals surface area contributed by atoms with Crippen molar-refractivity contribution in [2.24, 2.45) is 0 Å². The number of nitro benzene ring substituents is 1. The maximum absolute atomic E-state index is 12.4. The number of aryl methyl sites for hydroxylation is 1. The van der Waals surface area contributed by atoms with Crippen LogP contribution in [0.25, 0.3) is 0 Å². The lowest BCUT2D eigenvalue weighted by Crippen LogP contribution is -2.37. The normalized spacial score (nSPS) is 13.1. The van der Waals surface area contributed by atoms with E-state index in [0.29, 0.717) is 10.0 Å². The van der Waals surface area contributed by atoms with Crippen LogP contribution in [0.1, 0.15) is 26.4 Å². The molecule has 0 atom stereocenters. The molecule has 0 bridgehead atoms. The maximum atomic E-state index is 12.4. The summed E-state index contributed by atoms with van der Waals surface area (Å²) < 4.78 is 0.941. The van der Waals surface area contributed by atoms with Crippen LogP contribution in [0.2, 0.25) is 0 Å². The number of nitrogens with one attached hydrogen (secondary N) is 1. The van der Waals surface area contributed by atoms with Crippen molar-refractivity contribution in [2.45, 2.75) is 11.1 Å². The summed E-state index contributed by atoms with van der Waals surface area (Å²) in [5.74, 6) is -2.19. The molecular formula is C15H12N4O5S2. The van der Waals surface area contributed by atoms with Gasteiger partial charge in [-0.1, -0.05) is 17.4 Å². The summed E-state index contributed by atoms with van der Waals surface area (Å²) in [6.45, 7) is 1.26. The molecule has 11 heteroatoms. The Hall–Kier alpha value is -2.79. The number of carbonyl (C=O) groups is 3. The van der Waals surface area contributed by atoms with Crippen LogP contribution in [0.4, 0.5) is 10.8 Å². The fourth-order valence-corrected chi connectivity index (χ4v) is 4.17. The minimum Gasteiger partial charge on any atom is -0.300 e. The van der Waals surface area contributed by atoms with Crippen LogP contribution in [0.5, 0.6) is 0 Å². The predicted molar refractivity (Wildman–Crippen MR) is 95.7 cm³/mol. The Morgan fingerprint density at radius 1 is 1.38 bits per heavy atom. The van der Waals surface area contributed by atoms with Gasteiger partial charge in [0.25, 0.3) is 17.5 Å². The van der Waals surface area contributed by atoms with Crippen LogP contribution in [-0.2, 0) is 4.79 Å². The highest BCUT2D eigenvalue weighted by Crippen LogP contribution is 2.32. The third kappa shape index (κ3) is 3.06. The number of anilines is 1. The number of hydrogen-bond donors (Lipinski definition) is 1. The van der Waals surface area contributed by atoms with Gasteiger partial charge in [0.05, 0.1) is 20.4 Å². The van der Waals surface area contributed by atoms with E-state index in [9.17, 15) is 24.5 Å². The number of fused-ring (bicyclic) bond motifs is 1. The molecule has 2 aromatic rings. The fourth-order valence-electron chi connectivity index (χ4n) is 2.54. The van der Waals surface area contributed by atoms with Crippen LogP contribution >= 0.6 is 23.1 Å². The van der Waals surface area contributed by atoms with Crippen molar-refractivity contribution in [3.05, 3.63) is 45.1 Å². The third-order valence-corrected chi connectivity index (χ3v) is 5.94. The second-order valence-electron chi connectivity index (χ2n) is 5.30. The number of hydrogen-bond acceptors (Lipinski definition) is 8. The summed E-state index contributed by atoms with van der Waals surface area (Å²) in [7, 11) is 0. The largest absolute Gasteiger partial charge is 0.300 e. The zero-order chi connectivity index (χ0) is 19.0. The van der Waals surface area contributed by atoms with Gasteiger partial charge in [-0.2, -0.15) is 0 Å². The van der Waals surface area contributed by atoms with Crippen LogP contribution in [0.15, 0.2) is 22.4 Å². The number of imide groups is 1. The average Bonchev–Trinajstić information content (AvgIpc) is 3.07. The van der Waals surface area contributed by atoms with Gasteiger partial charge in [-0.15, -0.1) is 11.8 Å². The molecule has 134 valence electrons. The monoisotopic (exact) mass is 392 g/mol. The molecular weight excluding hydrogens is 380 g/mol. The standard InChI is InChI=1S/C15H12N4O5S2/c1-7-14(25-2)26-15(16-7)17-10(20)6-18-12(21)8-4-3-5-9(19(23)24)11(8)13(18)22/h3-5H,6H2,1-2H3,(H,16,17,20). The first kappa shape index (κ1) is 18.0. The van der Waals surface area contributed by atoms with E-state index in [1.165, 1.54) is 35.2 Å². The van der Waals surface area contributed by atoms with Gasteiger partial charge in [0, 0.05) is 6.07 Å². The number of amides is 3. The molecule has 26 heavy (non-hydrogen) atoms. The predicted octanol–water partition coefficient (Wildman–Crippen LogP) is 2.32. The maximum Gasteiger partial charge on any atom is 0.282 e. The molecule has 0 saturated heterocycles. The van der Waals surface area contributed by atoms with Gasteiger partial charge in [-0.05, 0) is 19.2 Å². The van der Waals surface area contributed by atoms with Crippen molar-refractivity contribution < 1.29 is 19.3 Å². The Morgan fingerprint density at radius 3 is 2.73 bits per heavy atom. The molecule has 0 aliphatic carbocycles. The van der Waals surface area contributed by atoms with Crippen LogP contribution in [0.3, 0.4) is 0 Å². The van der Waals surface area contributed by atoms with E-state index in [4.69, 9.17) is 0 Å². The highest BCUT2D eigenvalue weighted by atomic mass is 32.2. The summed E-state index contributed by atoms with van der Waals surface area (Å²) in [5.41, 5.74) is -0.0464. The molecule has 1 aromatic carbocycles. The average molecular weight is 392 g/mol. The molecule has 2 heterocycles. The molecule has 0 radical (unpaired) electrons. The van der Waals surface area contributed by atoms with E-state index in [1.807, 2.05) is 6.26 Å². The van der Waals surface area contributed by atoms with Gasteiger partial charge < -0.3 is 5.32 Å². The van der Waals surface area contributed by atoms with E-state index < -0.39 is 34.9 Å². The van der Waals surface area contributed by atoms with Crippen LogP contribution in [0, 0.1) is 17.0 Å². The second kappa shape index (κ2) is 6.84. The number of benzene rings is 1. The van der Waals surface area contributed by atoms with E-state index in [1.54, 1.807) is 6.92 Å². The van der Waals surface area contributed by atoms with Crippen molar-refractivity contribution in [1.29, 1.82) is 0 Å². The second-order valence-corrected chi connectivity index (χ2v) is 7.37. The van der Waals surface area contributed by atoms with Crippen molar-refractivity contribution in [3.8, 4) is 0 Å². The first-order valence-corrected chi connectivity index (χ1v) is 9.32. The molecule has 9 nitrogen and oxygen atoms in total. The number of thiazole rings is 1. The minimum absolute atomic E-state index is 0.0771. The number of thioether (sulfide) groups is 1. The Kier molecular flexibility index (Phi) is 4.74. The van der Waals surface area contributed by atoms with Crippen molar-refractivity contribution in [2.75, 3.05) is 18.1 Å². The molecule has 0 spiro atoms. The highest BCUT2D eigenvalue weighted by molar-refractivity contribution is 8.00. The zero-order valence-corrected chi connectivity index (χ0v) is 15.3. The number of rotatable bonds is 5. The molecule has 0 unspecified atom stereocenters. The number of nitrogens with zero attached hydrogens (tertiary/aromatic N) is 3. The highest BCUT2D eigenvalue weighted by Gasteiger charge is 2.41. The molecule has 1 N–H and O–H groups in total. The Balaban J connectivity index is 1.79. The summed E-state index contributed by atoms with van der Waals surface area (Å²) in [6.07, 6.45) is 1.89. The van der Waals surface area contributed by atoms with Gasteiger partial charge in [0.1, 0.15) is 12.1 Å². The Morgan fingerprint density at radius 2 is 2.12 bits per heavy atom. The smallest absolute Gasteiger partial charge is 0.282 e. The third-order valence-electron chi connectivity index (χ3n) is 3.66. The Labute approximate surface area is 155 Å². The molecule has 1 aliphatic heterocycles. The first-order chi connectivity index (χ1) is 12.3. The van der Waals surface area contributed by atoms with Crippen LogP contribution < -0.4 is 5.32 Å². The molecule has 3 amide bonds. The topological polar surface area (TPSA) is 123 Å². The van der Waals surface area contributed by atoms with E-state index in [-0.39, 0.29) is 11.1 Å². The molecule has 0 fully saturated rings. The van der Waals surface area contributed by atoms with Gasteiger partial charge in [-0.25, -0.2) is 4.98 Å². The van der Waals surface area contributed by atoms with Crippen molar-refractivity contribution >= 4 is 51.6 Å². The lowest BCUT2D eigenvalue weighted by molar-refractivity contribution is -0.385. The van der Waals surface area contributed by atoms with Crippen molar-refractivity contribution in [1.82, 2.24) is 9.88 Å². The fraction of sp³-hybridized carbons (Fsp3) is 0.200. The van der Waals surface area contributed by atoms with Gasteiger partial charge in [0.15, 0.2) is 5.13 Å². The van der Waals surface area contributed by atoms with Gasteiger partial charge in [0.2, 0.25) is 5.91 Å². The quantitative estimate of drug-likeness (QED) is 0.358. The molecule has 3 rings (SSSR count). The minimum atomic E-state index is -0.854. The lowest BCUT2D eigenvalue weighted by Gasteiger charge is -2.12. The Bertz CT molecular complexity index is 956. The van der Waals surface area contributed by atoms with Gasteiger partial charge >= 0.3 is 0 Å². The summed E-state index contributed by atoms with van der Waals surface area (Å²) in [4.78, 5) is 52.2. The van der Waals surface area contributed by atoms with Crippen molar-refractivity contribution in [3.63, 3.8) is 0 Å². The summed E-state index contributed by atoms with van der Waals surface area (Å²) >= 11 is 2.78. The van der Waals surface area contributed by atoms with Crippen LogP contribution in [-0.4, -0.2) is 45.3 Å². The lowest BCUT2D eigenvalue weighted by atomic mass is 10.1. The number of aromatic nitrogens is 1.